The maximum atomic E-state index is 12.4. The van der Waals surface area contributed by atoms with Crippen LogP contribution in [0.4, 0.5) is 24.8 Å². The minimum Gasteiger partial charge on any atom is -0.404 e. The van der Waals surface area contributed by atoms with Crippen LogP contribution in [-0.4, -0.2) is 52.1 Å². The number of rotatable bonds is 6. The molecule has 8 nitrogen and oxygen atoms in total. The summed E-state index contributed by atoms with van der Waals surface area (Å²) in [7, 11) is 0. The van der Waals surface area contributed by atoms with Gasteiger partial charge in [-0.1, -0.05) is 17.7 Å². The molecule has 2 aromatic rings. The van der Waals surface area contributed by atoms with Crippen LogP contribution in [0.15, 0.2) is 42.2 Å². The van der Waals surface area contributed by atoms with Crippen molar-refractivity contribution in [3.05, 3.63) is 52.8 Å². The predicted molar refractivity (Wildman–Crippen MR) is 106 cm³/mol. The number of nitrogens with zero attached hydrogens (tertiary/aromatic N) is 3. The van der Waals surface area contributed by atoms with Gasteiger partial charge in [0.15, 0.2) is 0 Å². The Kier molecular flexibility index (Phi) is 6.98. The molecule has 0 radical (unpaired) electrons. The molecule has 31 heavy (non-hydrogen) atoms. The van der Waals surface area contributed by atoms with E-state index in [1.807, 2.05) is 4.90 Å². The molecule has 1 amide bonds. The summed E-state index contributed by atoms with van der Waals surface area (Å²) in [6.45, 7) is 0.345. The molecule has 3 rings (SSSR count). The highest BCUT2D eigenvalue weighted by Gasteiger charge is 2.31. The van der Waals surface area contributed by atoms with E-state index in [1.54, 1.807) is 6.08 Å². The maximum Gasteiger partial charge on any atom is 0.573 e. The number of anilines is 2. The highest BCUT2D eigenvalue weighted by atomic mass is 35.5. The van der Waals surface area contributed by atoms with Crippen molar-refractivity contribution in [1.29, 1.82) is 0 Å². The summed E-state index contributed by atoms with van der Waals surface area (Å²) in [6, 6.07) is 3.79. The average molecular weight is 459 g/mol. The van der Waals surface area contributed by atoms with Gasteiger partial charge in [0, 0.05) is 30.4 Å². The summed E-state index contributed by atoms with van der Waals surface area (Å²) >= 11 is 6.24. The average Bonchev–Trinajstić information content (AvgIpc) is 2.73. The smallest absolute Gasteiger partial charge is 0.404 e. The van der Waals surface area contributed by atoms with Crippen molar-refractivity contribution in [3.63, 3.8) is 0 Å². The molecule has 166 valence electrons. The Labute approximate surface area is 179 Å². The van der Waals surface area contributed by atoms with Crippen molar-refractivity contribution in [2.75, 3.05) is 29.9 Å². The first-order valence-electron chi connectivity index (χ1n) is 9.08. The first kappa shape index (κ1) is 22.8. The number of nitrogens with one attached hydrogen (secondary N) is 1. The van der Waals surface area contributed by atoms with Gasteiger partial charge in [0.25, 0.3) is 5.91 Å². The molecule has 0 unspecified atom stereocenters. The minimum absolute atomic E-state index is 0.0885. The number of ether oxygens (including phenoxy) is 1. The number of hydrogen-bond acceptors (Lipinski definition) is 7. The van der Waals surface area contributed by atoms with Gasteiger partial charge in [0.1, 0.15) is 23.5 Å². The van der Waals surface area contributed by atoms with Crippen LogP contribution in [-0.2, 0) is 4.79 Å². The topological polar surface area (TPSA) is 108 Å². The molecule has 0 bridgehead atoms. The molecule has 0 fully saturated rings. The van der Waals surface area contributed by atoms with Crippen molar-refractivity contribution < 1.29 is 32.9 Å². The van der Waals surface area contributed by atoms with Gasteiger partial charge >= 0.3 is 6.36 Å². The van der Waals surface area contributed by atoms with Crippen molar-refractivity contribution in [1.82, 2.24) is 9.97 Å². The van der Waals surface area contributed by atoms with E-state index in [2.05, 4.69) is 20.0 Å². The van der Waals surface area contributed by atoms with Crippen LogP contribution in [0.5, 0.6) is 5.75 Å². The van der Waals surface area contributed by atoms with Crippen LogP contribution in [0.3, 0.4) is 0 Å². The van der Waals surface area contributed by atoms with E-state index in [9.17, 15) is 23.1 Å². The highest BCUT2D eigenvalue weighted by Crippen LogP contribution is 2.29. The number of aliphatic hydroxyl groups is 2. The fraction of sp³-hybridized carbons (Fsp3) is 0.316. The number of halogens is 4. The summed E-state index contributed by atoms with van der Waals surface area (Å²) < 4.78 is 40.3. The Morgan fingerprint density at radius 3 is 2.65 bits per heavy atom. The zero-order chi connectivity index (χ0) is 22.6. The Hall–Kier alpha value is -2.89. The summed E-state index contributed by atoms with van der Waals surface area (Å²) in [5.41, 5.74) is 0.875. The van der Waals surface area contributed by atoms with E-state index in [4.69, 9.17) is 16.7 Å². The molecular weight excluding hydrogens is 441 g/mol. The lowest BCUT2D eigenvalue weighted by atomic mass is 10.1. The summed E-state index contributed by atoms with van der Waals surface area (Å²) in [6.07, 6.45) is -1.54. The van der Waals surface area contributed by atoms with Gasteiger partial charge in [-0.25, -0.2) is 9.97 Å². The molecule has 3 heterocycles. The summed E-state index contributed by atoms with van der Waals surface area (Å²) in [5.74, 6) is -0.337. The van der Waals surface area contributed by atoms with Gasteiger partial charge in [-0.15, -0.1) is 13.2 Å². The molecule has 0 saturated heterocycles. The molecule has 1 aliphatic heterocycles. The fourth-order valence-corrected chi connectivity index (χ4v) is 3.17. The molecule has 3 N–H and O–H groups in total. The third-order valence-electron chi connectivity index (χ3n) is 4.41. The Bertz CT molecular complexity index is 970. The molecule has 2 aromatic heterocycles. The molecular formula is C19H18ClF3N4O4. The lowest BCUT2D eigenvalue weighted by Gasteiger charge is -2.28. The van der Waals surface area contributed by atoms with Crippen LogP contribution in [0.25, 0.3) is 0 Å². The van der Waals surface area contributed by atoms with Crippen LogP contribution in [0.2, 0.25) is 5.02 Å². The normalized spacial score (nSPS) is 15.3. The first-order chi connectivity index (χ1) is 14.7. The van der Waals surface area contributed by atoms with E-state index in [1.165, 1.54) is 18.3 Å². The Balaban J connectivity index is 1.60. The summed E-state index contributed by atoms with van der Waals surface area (Å²) in [5, 5.41) is 21.5. The lowest BCUT2D eigenvalue weighted by molar-refractivity contribution is -0.274. The number of aliphatic hydroxyl groups excluding tert-OH is 2. The van der Waals surface area contributed by atoms with Crippen molar-refractivity contribution in [2.24, 2.45) is 0 Å². The third-order valence-corrected chi connectivity index (χ3v) is 4.69. The van der Waals surface area contributed by atoms with E-state index in [0.717, 1.165) is 12.3 Å². The molecule has 0 spiro atoms. The molecule has 12 heteroatoms. The van der Waals surface area contributed by atoms with Crippen LogP contribution in [0.1, 0.15) is 18.1 Å². The number of carbonyl (C=O) groups excluding carboxylic acids is 1. The number of alkyl halides is 3. The number of aromatic nitrogens is 2. The zero-order valence-corrected chi connectivity index (χ0v) is 16.7. The fourth-order valence-electron chi connectivity index (χ4n) is 2.88. The Morgan fingerprint density at radius 1 is 1.32 bits per heavy atom. The largest absolute Gasteiger partial charge is 0.573 e. The van der Waals surface area contributed by atoms with Crippen molar-refractivity contribution in [3.8, 4) is 5.75 Å². The highest BCUT2D eigenvalue weighted by molar-refractivity contribution is 6.33. The lowest BCUT2D eigenvalue weighted by Crippen LogP contribution is -2.32. The van der Waals surface area contributed by atoms with Gasteiger partial charge in [-0.2, -0.15) is 0 Å². The van der Waals surface area contributed by atoms with Gasteiger partial charge in [0.2, 0.25) is 0 Å². The van der Waals surface area contributed by atoms with Crippen molar-refractivity contribution in [2.45, 2.75) is 18.9 Å². The van der Waals surface area contributed by atoms with Crippen molar-refractivity contribution >= 4 is 29.1 Å². The number of amides is 1. The predicted octanol–water partition coefficient (Wildman–Crippen LogP) is 2.83. The van der Waals surface area contributed by atoms with Crippen LogP contribution >= 0.6 is 11.6 Å². The van der Waals surface area contributed by atoms with Gasteiger partial charge in [0.05, 0.1) is 17.8 Å². The SMILES string of the molecule is O=C(Nc1ccc(OC(F)(F)F)cn1)C1=CCN(c2ncc([C@H](O)CO)cc2Cl)CC1. The minimum atomic E-state index is -4.82. The molecule has 0 aliphatic carbocycles. The summed E-state index contributed by atoms with van der Waals surface area (Å²) in [4.78, 5) is 22.2. The first-order valence-corrected chi connectivity index (χ1v) is 9.45. The molecule has 0 saturated carbocycles. The molecule has 1 aliphatic rings. The second-order valence-corrected chi connectivity index (χ2v) is 6.99. The quantitative estimate of drug-likeness (QED) is 0.611. The third kappa shape index (κ3) is 6.06. The van der Waals surface area contributed by atoms with Gasteiger partial charge < -0.3 is 25.2 Å². The number of pyridine rings is 2. The second kappa shape index (κ2) is 9.50. The van der Waals surface area contributed by atoms with E-state index in [-0.39, 0.29) is 5.82 Å². The maximum absolute atomic E-state index is 12.4. The zero-order valence-electron chi connectivity index (χ0n) is 15.9. The van der Waals surface area contributed by atoms with Crippen LogP contribution < -0.4 is 15.0 Å². The molecule has 1 atom stereocenters. The van der Waals surface area contributed by atoms with Gasteiger partial charge in [-0.05, 0) is 24.6 Å². The van der Waals surface area contributed by atoms with E-state index < -0.39 is 30.7 Å². The monoisotopic (exact) mass is 458 g/mol. The second-order valence-electron chi connectivity index (χ2n) is 6.58. The molecule has 0 aromatic carbocycles. The van der Waals surface area contributed by atoms with Gasteiger partial charge in [-0.3, -0.25) is 4.79 Å². The van der Waals surface area contributed by atoms with E-state index in [0.29, 0.717) is 41.5 Å². The van der Waals surface area contributed by atoms with E-state index >= 15 is 0 Å². The number of carbonyl (C=O) groups is 1. The number of hydrogen-bond donors (Lipinski definition) is 3. The standard InChI is InChI=1S/C19H18ClF3N4O4/c20-14-7-12(15(29)10-28)8-25-17(14)27-5-3-11(4-6-27)18(30)26-16-2-1-13(9-24-16)31-19(21,22)23/h1-3,7-9,15,28-29H,4-6,10H2,(H,24,26,30)/t15-/m1/s1. The Morgan fingerprint density at radius 2 is 2.10 bits per heavy atom. The van der Waals surface area contributed by atoms with Crippen LogP contribution in [0, 0.1) is 0 Å².